The Morgan fingerprint density at radius 2 is 1.46 bits per heavy atom. The summed E-state index contributed by atoms with van der Waals surface area (Å²) in [6.07, 6.45) is -2.01. The van der Waals surface area contributed by atoms with Gasteiger partial charge in [-0.15, -0.1) is 0 Å². The van der Waals surface area contributed by atoms with E-state index in [1.54, 1.807) is 20.8 Å². The lowest BCUT2D eigenvalue weighted by Crippen LogP contribution is -2.50. The largest absolute Gasteiger partial charge is 0.447 e. The summed E-state index contributed by atoms with van der Waals surface area (Å²) in [6.45, 7) is 5.41. The van der Waals surface area contributed by atoms with Crippen LogP contribution in [0.4, 0.5) is 9.59 Å². The van der Waals surface area contributed by atoms with Crippen molar-refractivity contribution in [3.63, 3.8) is 0 Å². The van der Waals surface area contributed by atoms with Crippen LogP contribution in [0.2, 0.25) is 0 Å². The number of aliphatic hydroxyl groups excluding tert-OH is 1. The first-order chi connectivity index (χ1) is 19.6. The summed E-state index contributed by atoms with van der Waals surface area (Å²) in [5.41, 5.74) is 1.89. The standard InChI is InChI=1S/C33H38N2O6/c1-33(2,3)41-31(38)34(21-26-17-11-6-12-18-26)22-29(36)28(20-25-15-9-5-10-16-25)30(37)35-27(23-40-32(35)39)19-24-13-7-4-8-14-24/h4-18,27-29,36H,19-23H2,1-3H3/t27-,28+,29+/m1/s1. The van der Waals surface area contributed by atoms with Crippen molar-refractivity contribution in [1.29, 1.82) is 0 Å². The minimum absolute atomic E-state index is 0.0751. The molecule has 1 heterocycles. The molecule has 4 rings (SSSR count). The minimum atomic E-state index is -1.29. The predicted molar refractivity (Wildman–Crippen MR) is 155 cm³/mol. The summed E-state index contributed by atoms with van der Waals surface area (Å²) in [5, 5.41) is 11.6. The summed E-state index contributed by atoms with van der Waals surface area (Å²) < 4.78 is 10.9. The molecule has 0 spiro atoms. The van der Waals surface area contributed by atoms with Crippen molar-refractivity contribution in [2.24, 2.45) is 5.92 Å². The molecule has 216 valence electrons. The van der Waals surface area contributed by atoms with Gasteiger partial charge in [-0.05, 0) is 50.3 Å². The summed E-state index contributed by atoms with van der Waals surface area (Å²) in [7, 11) is 0. The third kappa shape index (κ3) is 8.41. The number of cyclic esters (lactones) is 1. The zero-order valence-corrected chi connectivity index (χ0v) is 23.8. The molecule has 0 aromatic heterocycles. The normalized spacial score (nSPS) is 16.5. The van der Waals surface area contributed by atoms with Crippen LogP contribution in [0.5, 0.6) is 0 Å². The van der Waals surface area contributed by atoms with Crippen molar-refractivity contribution in [1.82, 2.24) is 9.80 Å². The lowest BCUT2D eigenvalue weighted by Gasteiger charge is -2.32. The lowest BCUT2D eigenvalue weighted by atomic mass is 9.91. The van der Waals surface area contributed by atoms with Crippen LogP contribution >= 0.6 is 0 Å². The fraction of sp³-hybridized carbons (Fsp3) is 0.364. The van der Waals surface area contributed by atoms with Gasteiger partial charge in [0.05, 0.1) is 24.6 Å². The topological polar surface area (TPSA) is 96.4 Å². The van der Waals surface area contributed by atoms with E-state index in [2.05, 4.69) is 0 Å². The zero-order chi connectivity index (χ0) is 29.4. The highest BCUT2D eigenvalue weighted by Gasteiger charge is 2.43. The second kappa shape index (κ2) is 13.5. The molecule has 8 nitrogen and oxygen atoms in total. The van der Waals surface area contributed by atoms with Crippen LogP contribution in [0.15, 0.2) is 91.0 Å². The number of aliphatic hydroxyl groups is 1. The average Bonchev–Trinajstić information content (AvgIpc) is 3.31. The van der Waals surface area contributed by atoms with Crippen molar-refractivity contribution in [2.45, 2.75) is 57.9 Å². The van der Waals surface area contributed by atoms with Gasteiger partial charge in [0.25, 0.3) is 0 Å². The Bertz CT molecular complexity index is 1290. The van der Waals surface area contributed by atoms with Crippen LogP contribution in [-0.2, 0) is 33.7 Å². The van der Waals surface area contributed by atoms with E-state index in [0.29, 0.717) is 6.42 Å². The zero-order valence-electron chi connectivity index (χ0n) is 23.8. The van der Waals surface area contributed by atoms with Crippen LogP contribution in [-0.4, -0.2) is 63.9 Å². The number of hydrogen-bond acceptors (Lipinski definition) is 6. The number of nitrogens with zero attached hydrogens (tertiary/aromatic N) is 2. The molecule has 8 heteroatoms. The maximum absolute atomic E-state index is 14.1. The Kier molecular flexibility index (Phi) is 9.78. The molecular formula is C33H38N2O6. The third-order valence-electron chi connectivity index (χ3n) is 6.87. The maximum atomic E-state index is 14.1. The number of benzene rings is 3. The van der Waals surface area contributed by atoms with E-state index in [4.69, 9.17) is 9.47 Å². The molecule has 0 bridgehead atoms. The van der Waals surface area contributed by atoms with E-state index in [0.717, 1.165) is 21.6 Å². The number of carbonyl (C=O) groups is 3. The highest BCUT2D eigenvalue weighted by Crippen LogP contribution is 2.25. The molecule has 3 amide bonds. The van der Waals surface area contributed by atoms with Crippen molar-refractivity contribution >= 4 is 18.1 Å². The van der Waals surface area contributed by atoms with Crippen molar-refractivity contribution in [3.8, 4) is 0 Å². The predicted octanol–water partition coefficient (Wildman–Crippen LogP) is 5.23. The van der Waals surface area contributed by atoms with Crippen molar-refractivity contribution in [2.75, 3.05) is 13.2 Å². The van der Waals surface area contributed by atoms with Gasteiger partial charge in [-0.25, -0.2) is 14.5 Å². The Hall–Kier alpha value is -4.17. The Labute approximate surface area is 241 Å². The van der Waals surface area contributed by atoms with E-state index < -0.39 is 41.8 Å². The first kappa shape index (κ1) is 29.8. The molecule has 0 saturated carbocycles. The minimum Gasteiger partial charge on any atom is -0.447 e. The fourth-order valence-corrected chi connectivity index (χ4v) is 4.89. The molecule has 1 N–H and O–H groups in total. The molecule has 0 unspecified atom stereocenters. The monoisotopic (exact) mass is 558 g/mol. The molecule has 3 aromatic rings. The Balaban J connectivity index is 1.61. The van der Waals surface area contributed by atoms with E-state index in [9.17, 15) is 19.5 Å². The van der Waals surface area contributed by atoms with Gasteiger partial charge >= 0.3 is 12.2 Å². The molecule has 1 aliphatic rings. The number of amides is 3. The average molecular weight is 559 g/mol. The molecule has 1 saturated heterocycles. The summed E-state index contributed by atoms with van der Waals surface area (Å²) in [4.78, 5) is 42.7. The quantitative estimate of drug-likeness (QED) is 0.366. The summed E-state index contributed by atoms with van der Waals surface area (Å²) >= 11 is 0. The van der Waals surface area contributed by atoms with Crippen LogP contribution in [0.25, 0.3) is 0 Å². The van der Waals surface area contributed by atoms with E-state index >= 15 is 0 Å². The first-order valence-corrected chi connectivity index (χ1v) is 13.9. The lowest BCUT2D eigenvalue weighted by molar-refractivity contribution is -0.137. The van der Waals surface area contributed by atoms with Gasteiger partial charge in [-0.2, -0.15) is 0 Å². The highest BCUT2D eigenvalue weighted by atomic mass is 16.6. The second-order valence-corrected chi connectivity index (χ2v) is 11.3. The second-order valence-electron chi connectivity index (χ2n) is 11.3. The van der Waals surface area contributed by atoms with Crippen LogP contribution < -0.4 is 0 Å². The molecular weight excluding hydrogens is 520 g/mol. The van der Waals surface area contributed by atoms with Crippen LogP contribution in [0.1, 0.15) is 37.5 Å². The maximum Gasteiger partial charge on any atom is 0.416 e. The van der Waals surface area contributed by atoms with Crippen LogP contribution in [0, 0.1) is 5.92 Å². The molecule has 0 aliphatic carbocycles. The number of hydrogen-bond donors (Lipinski definition) is 1. The molecule has 1 fully saturated rings. The fourth-order valence-electron chi connectivity index (χ4n) is 4.89. The van der Waals surface area contributed by atoms with Gasteiger partial charge in [0, 0.05) is 6.54 Å². The Morgan fingerprint density at radius 3 is 2.02 bits per heavy atom. The molecule has 3 atom stereocenters. The first-order valence-electron chi connectivity index (χ1n) is 13.9. The van der Waals surface area contributed by atoms with Crippen molar-refractivity contribution in [3.05, 3.63) is 108 Å². The third-order valence-corrected chi connectivity index (χ3v) is 6.87. The number of rotatable bonds is 10. The van der Waals surface area contributed by atoms with Gasteiger partial charge in [0.1, 0.15) is 12.2 Å². The van der Waals surface area contributed by atoms with Crippen LogP contribution in [0.3, 0.4) is 0 Å². The van der Waals surface area contributed by atoms with E-state index in [-0.39, 0.29) is 26.1 Å². The smallest absolute Gasteiger partial charge is 0.416 e. The summed E-state index contributed by atoms with van der Waals surface area (Å²) in [5.74, 6) is -1.55. The van der Waals surface area contributed by atoms with Gasteiger partial charge < -0.3 is 19.5 Å². The SMILES string of the molecule is CC(C)(C)OC(=O)N(Cc1ccccc1)C[C@H](O)[C@H](Cc1ccccc1)C(=O)N1C(=O)OC[C@H]1Cc1ccccc1. The van der Waals surface area contributed by atoms with Gasteiger partial charge in [0.15, 0.2) is 0 Å². The van der Waals surface area contributed by atoms with Crippen molar-refractivity contribution < 1.29 is 29.0 Å². The van der Waals surface area contributed by atoms with E-state index in [1.165, 1.54) is 4.90 Å². The van der Waals surface area contributed by atoms with Gasteiger partial charge in [-0.1, -0.05) is 91.0 Å². The van der Waals surface area contributed by atoms with Gasteiger partial charge in [-0.3, -0.25) is 4.79 Å². The molecule has 41 heavy (non-hydrogen) atoms. The highest BCUT2D eigenvalue weighted by molar-refractivity contribution is 5.95. The number of ether oxygens (including phenoxy) is 2. The molecule has 1 aliphatic heterocycles. The summed E-state index contributed by atoms with van der Waals surface area (Å²) in [6, 6.07) is 27.8. The Morgan fingerprint density at radius 1 is 0.927 bits per heavy atom. The molecule has 0 radical (unpaired) electrons. The van der Waals surface area contributed by atoms with Gasteiger partial charge in [0.2, 0.25) is 5.91 Å². The number of carbonyl (C=O) groups excluding carboxylic acids is 3. The number of imide groups is 1. The molecule has 3 aromatic carbocycles. The van der Waals surface area contributed by atoms with E-state index in [1.807, 2.05) is 91.0 Å².